The largest absolute Gasteiger partial charge is 0.340 e. The molecule has 0 saturated carbocycles. The minimum atomic E-state index is -0.246. The van der Waals surface area contributed by atoms with Crippen LogP contribution in [0.4, 0.5) is 4.39 Å². The van der Waals surface area contributed by atoms with Crippen molar-refractivity contribution in [3.05, 3.63) is 48.0 Å². The Balaban J connectivity index is 1.96. The maximum Gasteiger partial charge on any atom is 0.226 e. The lowest BCUT2D eigenvalue weighted by Crippen LogP contribution is -2.00. The quantitative estimate of drug-likeness (QED) is 0.712. The monoisotopic (exact) mass is 245 g/mol. The smallest absolute Gasteiger partial charge is 0.226 e. The topological polar surface area (TPSA) is 43.9 Å². The van der Waals surface area contributed by atoms with Gasteiger partial charge in [0.15, 0.2) is 5.82 Å². The van der Waals surface area contributed by atoms with Crippen LogP contribution >= 0.6 is 0 Å². The molecule has 0 radical (unpaired) electrons. The molecule has 0 aliphatic rings. The summed E-state index contributed by atoms with van der Waals surface area (Å²) < 4.78 is 20.2. The third-order valence-electron chi connectivity index (χ3n) is 2.86. The van der Waals surface area contributed by atoms with Crippen molar-refractivity contribution in [3.63, 3.8) is 0 Å². The molecule has 3 aromatic rings. The summed E-state index contributed by atoms with van der Waals surface area (Å²) in [5.41, 5.74) is 0.831. The summed E-state index contributed by atoms with van der Waals surface area (Å²) in [6, 6.07) is 6.66. The molecule has 0 N–H and O–H groups in total. The third-order valence-corrected chi connectivity index (χ3v) is 2.86. The Kier molecular flexibility index (Phi) is 2.59. The van der Waals surface area contributed by atoms with Crippen LogP contribution in [0.1, 0.15) is 18.6 Å². The van der Waals surface area contributed by atoms with Gasteiger partial charge in [0.25, 0.3) is 0 Å². The minimum Gasteiger partial charge on any atom is -0.340 e. The number of hydrogen-bond donors (Lipinski definition) is 0. The summed E-state index contributed by atoms with van der Waals surface area (Å²) in [5.74, 6) is 0.978. The summed E-state index contributed by atoms with van der Waals surface area (Å²) in [6.07, 6.45) is 2.61. The molecule has 5 heteroatoms. The molecule has 0 unspecified atom stereocenters. The molecule has 0 aliphatic heterocycles. The highest BCUT2D eigenvalue weighted by Gasteiger charge is 2.08. The van der Waals surface area contributed by atoms with Crippen molar-refractivity contribution in [1.29, 1.82) is 0 Å². The number of aryl methyl sites for hydroxylation is 1. The number of rotatable bonds is 3. The van der Waals surface area contributed by atoms with Crippen molar-refractivity contribution >= 4 is 10.9 Å². The lowest BCUT2D eigenvalue weighted by Gasteiger charge is -2.01. The second-order valence-electron chi connectivity index (χ2n) is 4.10. The number of hydrogen-bond acceptors (Lipinski definition) is 3. The Morgan fingerprint density at radius 3 is 3.00 bits per heavy atom. The van der Waals surface area contributed by atoms with Crippen LogP contribution in [-0.4, -0.2) is 14.7 Å². The van der Waals surface area contributed by atoms with E-state index >= 15 is 0 Å². The van der Waals surface area contributed by atoms with Crippen molar-refractivity contribution in [2.24, 2.45) is 0 Å². The molecule has 2 heterocycles. The third kappa shape index (κ3) is 1.88. The zero-order valence-electron chi connectivity index (χ0n) is 9.93. The van der Waals surface area contributed by atoms with Crippen molar-refractivity contribution in [3.8, 4) is 0 Å². The Hall–Kier alpha value is -2.17. The average Bonchev–Trinajstić information content (AvgIpc) is 2.97. The number of aromatic nitrogens is 3. The van der Waals surface area contributed by atoms with Crippen LogP contribution in [0.2, 0.25) is 0 Å². The highest BCUT2D eigenvalue weighted by Crippen LogP contribution is 2.17. The van der Waals surface area contributed by atoms with Gasteiger partial charge in [0, 0.05) is 12.6 Å². The summed E-state index contributed by atoms with van der Waals surface area (Å²) >= 11 is 0. The van der Waals surface area contributed by atoms with Gasteiger partial charge in [-0.15, -0.1) is 0 Å². The summed E-state index contributed by atoms with van der Waals surface area (Å²) in [6.45, 7) is 2.44. The Morgan fingerprint density at radius 1 is 1.33 bits per heavy atom. The summed E-state index contributed by atoms with van der Waals surface area (Å²) in [5, 5.41) is 4.89. The van der Waals surface area contributed by atoms with Gasteiger partial charge >= 0.3 is 0 Å². The molecule has 92 valence electrons. The van der Waals surface area contributed by atoms with Gasteiger partial charge in [0.1, 0.15) is 5.82 Å². The molecule has 2 aromatic heterocycles. The van der Waals surface area contributed by atoms with Crippen LogP contribution in [0.15, 0.2) is 35.0 Å². The average molecular weight is 245 g/mol. The number of benzene rings is 1. The van der Waals surface area contributed by atoms with E-state index in [1.54, 1.807) is 6.07 Å². The van der Waals surface area contributed by atoms with E-state index in [2.05, 4.69) is 10.1 Å². The van der Waals surface area contributed by atoms with E-state index in [1.165, 1.54) is 12.1 Å². The normalized spacial score (nSPS) is 11.2. The van der Waals surface area contributed by atoms with Crippen molar-refractivity contribution in [2.75, 3.05) is 0 Å². The van der Waals surface area contributed by atoms with E-state index in [0.717, 1.165) is 10.9 Å². The van der Waals surface area contributed by atoms with Crippen molar-refractivity contribution in [2.45, 2.75) is 19.9 Å². The fraction of sp³-hybridized carbons (Fsp3) is 0.231. The molecule has 0 atom stereocenters. The van der Waals surface area contributed by atoms with Gasteiger partial charge in [-0.25, -0.2) is 4.39 Å². The molecule has 0 fully saturated rings. The molecular weight excluding hydrogens is 233 g/mol. The zero-order chi connectivity index (χ0) is 12.5. The first-order chi connectivity index (χ1) is 8.76. The lowest BCUT2D eigenvalue weighted by atomic mass is 10.2. The molecule has 0 aliphatic carbocycles. The molecule has 0 amide bonds. The van der Waals surface area contributed by atoms with Crippen LogP contribution < -0.4 is 0 Å². The van der Waals surface area contributed by atoms with Gasteiger partial charge in [-0.3, -0.25) is 0 Å². The van der Waals surface area contributed by atoms with E-state index in [0.29, 0.717) is 24.7 Å². The first-order valence-electron chi connectivity index (χ1n) is 5.82. The number of nitrogens with zero attached hydrogens (tertiary/aromatic N) is 3. The molecule has 0 spiro atoms. The van der Waals surface area contributed by atoms with Gasteiger partial charge < -0.3 is 9.09 Å². The van der Waals surface area contributed by atoms with Gasteiger partial charge in [0.2, 0.25) is 5.89 Å². The molecule has 4 nitrogen and oxygen atoms in total. The fourth-order valence-electron chi connectivity index (χ4n) is 1.95. The van der Waals surface area contributed by atoms with Gasteiger partial charge in [-0.1, -0.05) is 12.1 Å². The van der Waals surface area contributed by atoms with Crippen LogP contribution in [-0.2, 0) is 13.0 Å². The zero-order valence-corrected chi connectivity index (χ0v) is 9.93. The van der Waals surface area contributed by atoms with Gasteiger partial charge in [-0.05, 0) is 29.7 Å². The summed E-state index contributed by atoms with van der Waals surface area (Å²) in [4.78, 5) is 4.24. The van der Waals surface area contributed by atoms with Gasteiger partial charge in [-0.2, -0.15) is 4.98 Å². The first-order valence-corrected chi connectivity index (χ1v) is 5.82. The predicted octanol–water partition coefficient (Wildman–Crippen LogP) is 2.77. The summed E-state index contributed by atoms with van der Waals surface area (Å²) in [7, 11) is 0. The maximum absolute atomic E-state index is 13.2. The second kappa shape index (κ2) is 4.25. The molecule has 0 saturated heterocycles. The first kappa shape index (κ1) is 11.0. The van der Waals surface area contributed by atoms with Crippen LogP contribution in [0.25, 0.3) is 10.9 Å². The minimum absolute atomic E-state index is 0.246. The molecular formula is C13H12FN3O. The van der Waals surface area contributed by atoms with E-state index in [1.807, 2.05) is 23.8 Å². The van der Waals surface area contributed by atoms with Crippen molar-refractivity contribution < 1.29 is 8.91 Å². The number of fused-ring (bicyclic) bond motifs is 1. The molecule has 1 aromatic carbocycles. The van der Waals surface area contributed by atoms with E-state index in [9.17, 15) is 4.39 Å². The number of halogens is 1. The van der Waals surface area contributed by atoms with Crippen LogP contribution in [0, 0.1) is 5.82 Å². The van der Waals surface area contributed by atoms with Gasteiger partial charge in [0.05, 0.1) is 12.1 Å². The Bertz CT molecular complexity index is 686. The lowest BCUT2D eigenvalue weighted by molar-refractivity contribution is 0.375. The van der Waals surface area contributed by atoms with Crippen molar-refractivity contribution in [1.82, 2.24) is 14.7 Å². The highest BCUT2D eigenvalue weighted by molar-refractivity contribution is 5.80. The Labute approximate surface area is 103 Å². The molecule has 18 heavy (non-hydrogen) atoms. The molecule has 0 bridgehead atoms. The highest BCUT2D eigenvalue weighted by atomic mass is 19.1. The molecule has 3 rings (SSSR count). The SMILES string of the molecule is CCc1nc(Cn2ccc3ccc(F)cc32)no1. The van der Waals surface area contributed by atoms with E-state index in [4.69, 9.17) is 4.52 Å². The predicted molar refractivity (Wildman–Crippen MR) is 64.7 cm³/mol. The van der Waals surface area contributed by atoms with Crippen LogP contribution in [0.5, 0.6) is 0 Å². The standard InChI is InChI=1S/C13H12FN3O/c1-2-13-15-12(16-18-13)8-17-6-5-9-3-4-10(14)7-11(9)17/h3-7H,2,8H2,1H3. The fourth-order valence-corrected chi connectivity index (χ4v) is 1.95. The van der Waals surface area contributed by atoms with Crippen LogP contribution in [0.3, 0.4) is 0 Å². The van der Waals surface area contributed by atoms with E-state index < -0.39 is 0 Å². The second-order valence-corrected chi connectivity index (χ2v) is 4.10. The maximum atomic E-state index is 13.2. The Morgan fingerprint density at radius 2 is 2.22 bits per heavy atom. The van der Waals surface area contributed by atoms with E-state index in [-0.39, 0.29) is 5.82 Å².